The lowest BCUT2D eigenvalue weighted by atomic mass is 10.1. The van der Waals surface area contributed by atoms with Gasteiger partial charge in [0.2, 0.25) is 5.91 Å². The summed E-state index contributed by atoms with van der Waals surface area (Å²) in [7, 11) is 0. The van der Waals surface area contributed by atoms with Gasteiger partial charge >= 0.3 is 0 Å². The number of aromatic nitrogens is 3. The highest BCUT2D eigenvalue weighted by Gasteiger charge is 2.24. The van der Waals surface area contributed by atoms with Crippen LogP contribution in [0.4, 0.5) is 0 Å². The van der Waals surface area contributed by atoms with E-state index in [1.54, 1.807) is 6.26 Å². The standard InChI is InChI=1S/C19H20N4O2S/c1-13-4-2-5-14(10-13)18-21-22-19(23(18)11-16-6-3-9-25-16)26-12-17(24)20-15-7-8-15/h2-6,9-10,15H,7-8,11-12H2,1H3,(H,20,24). The fourth-order valence-electron chi connectivity index (χ4n) is 2.72. The quantitative estimate of drug-likeness (QED) is 0.648. The minimum atomic E-state index is 0.0437. The molecule has 0 unspecified atom stereocenters. The molecule has 0 saturated heterocycles. The van der Waals surface area contributed by atoms with Crippen molar-refractivity contribution in [1.82, 2.24) is 20.1 Å². The molecule has 1 fully saturated rings. The molecule has 2 heterocycles. The second-order valence-electron chi connectivity index (χ2n) is 6.47. The monoisotopic (exact) mass is 368 g/mol. The van der Waals surface area contributed by atoms with Crippen LogP contribution < -0.4 is 5.32 Å². The molecule has 7 heteroatoms. The van der Waals surface area contributed by atoms with Crippen LogP contribution in [-0.2, 0) is 11.3 Å². The Balaban J connectivity index is 1.59. The Morgan fingerprint density at radius 2 is 2.19 bits per heavy atom. The largest absolute Gasteiger partial charge is 0.467 e. The number of carbonyl (C=O) groups is 1. The van der Waals surface area contributed by atoms with E-state index >= 15 is 0 Å². The normalized spacial score (nSPS) is 13.7. The molecular weight excluding hydrogens is 348 g/mol. The van der Waals surface area contributed by atoms with Gasteiger partial charge in [-0.05, 0) is 38.0 Å². The van der Waals surface area contributed by atoms with E-state index in [0.29, 0.717) is 23.5 Å². The summed E-state index contributed by atoms with van der Waals surface area (Å²) in [6.07, 6.45) is 3.83. The first-order valence-electron chi connectivity index (χ1n) is 8.64. The minimum absolute atomic E-state index is 0.0437. The average Bonchev–Trinajstić information content (AvgIpc) is 3.13. The summed E-state index contributed by atoms with van der Waals surface area (Å²) in [6.45, 7) is 2.57. The van der Waals surface area contributed by atoms with Crippen LogP contribution in [0.15, 0.2) is 52.2 Å². The molecule has 0 bridgehead atoms. The summed E-state index contributed by atoms with van der Waals surface area (Å²) in [5, 5.41) is 12.4. The summed E-state index contributed by atoms with van der Waals surface area (Å²) < 4.78 is 7.50. The first-order valence-corrected chi connectivity index (χ1v) is 9.62. The van der Waals surface area contributed by atoms with E-state index in [2.05, 4.69) is 34.6 Å². The predicted molar refractivity (Wildman–Crippen MR) is 99.9 cm³/mol. The lowest BCUT2D eigenvalue weighted by molar-refractivity contribution is -0.118. The Morgan fingerprint density at radius 3 is 2.92 bits per heavy atom. The lowest BCUT2D eigenvalue weighted by Gasteiger charge is -2.09. The highest BCUT2D eigenvalue weighted by molar-refractivity contribution is 7.99. The van der Waals surface area contributed by atoms with Crippen LogP contribution in [0.3, 0.4) is 0 Å². The van der Waals surface area contributed by atoms with Crippen molar-refractivity contribution in [1.29, 1.82) is 0 Å². The smallest absolute Gasteiger partial charge is 0.230 e. The number of hydrogen-bond acceptors (Lipinski definition) is 5. The number of thioether (sulfide) groups is 1. The SMILES string of the molecule is Cc1cccc(-c2nnc(SCC(=O)NC3CC3)n2Cc2ccco2)c1. The van der Waals surface area contributed by atoms with Gasteiger partial charge in [0.05, 0.1) is 18.6 Å². The topological polar surface area (TPSA) is 73.0 Å². The van der Waals surface area contributed by atoms with Crippen LogP contribution in [0.5, 0.6) is 0 Å². The van der Waals surface area contributed by atoms with Gasteiger partial charge in [0, 0.05) is 11.6 Å². The van der Waals surface area contributed by atoms with Gasteiger partial charge in [-0.15, -0.1) is 10.2 Å². The molecule has 3 aromatic rings. The van der Waals surface area contributed by atoms with Crippen molar-refractivity contribution < 1.29 is 9.21 Å². The third kappa shape index (κ3) is 3.99. The Kier molecular flexibility index (Phi) is 4.79. The van der Waals surface area contributed by atoms with Gasteiger partial charge < -0.3 is 9.73 Å². The molecule has 1 N–H and O–H groups in total. The van der Waals surface area contributed by atoms with Crippen molar-refractivity contribution in [3.8, 4) is 11.4 Å². The van der Waals surface area contributed by atoms with Crippen LogP contribution >= 0.6 is 11.8 Å². The Bertz CT molecular complexity index is 900. The molecule has 26 heavy (non-hydrogen) atoms. The average molecular weight is 368 g/mol. The molecule has 0 spiro atoms. The van der Waals surface area contributed by atoms with E-state index in [4.69, 9.17) is 4.42 Å². The van der Waals surface area contributed by atoms with Gasteiger partial charge in [0.25, 0.3) is 0 Å². The zero-order chi connectivity index (χ0) is 17.9. The number of benzene rings is 1. The zero-order valence-electron chi connectivity index (χ0n) is 14.5. The van der Waals surface area contributed by atoms with Crippen molar-refractivity contribution in [2.45, 2.75) is 37.5 Å². The van der Waals surface area contributed by atoms with Crippen LogP contribution in [0.1, 0.15) is 24.2 Å². The molecule has 1 aliphatic carbocycles. The maximum Gasteiger partial charge on any atom is 0.230 e. The van der Waals surface area contributed by atoms with Gasteiger partial charge in [-0.3, -0.25) is 9.36 Å². The Labute approximate surface area is 156 Å². The van der Waals surface area contributed by atoms with Crippen LogP contribution in [0.2, 0.25) is 0 Å². The first-order chi connectivity index (χ1) is 12.7. The number of aryl methyl sites for hydroxylation is 1. The van der Waals surface area contributed by atoms with Gasteiger partial charge in [-0.1, -0.05) is 35.5 Å². The van der Waals surface area contributed by atoms with Gasteiger partial charge in [-0.2, -0.15) is 0 Å². The summed E-state index contributed by atoms with van der Waals surface area (Å²) >= 11 is 1.40. The molecule has 0 radical (unpaired) electrons. The van der Waals surface area contributed by atoms with E-state index in [1.165, 1.54) is 11.8 Å². The predicted octanol–water partition coefficient (Wildman–Crippen LogP) is 3.27. The van der Waals surface area contributed by atoms with E-state index in [1.807, 2.05) is 28.8 Å². The number of rotatable bonds is 7. The summed E-state index contributed by atoms with van der Waals surface area (Å²) in [6, 6.07) is 12.3. The van der Waals surface area contributed by atoms with E-state index in [0.717, 1.165) is 35.6 Å². The van der Waals surface area contributed by atoms with Crippen molar-refractivity contribution in [3.05, 3.63) is 54.0 Å². The summed E-state index contributed by atoms with van der Waals surface area (Å²) in [5.74, 6) is 1.97. The summed E-state index contributed by atoms with van der Waals surface area (Å²) in [5.41, 5.74) is 2.16. The van der Waals surface area contributed by atoms with E-state index in [-0.39, 0.29) is 5.91 Å². The minimum Gasteiger partial charge on any atom is -0.467 e. The zero-order valence-corrected chi connectivity index (χ0v) is 15.3. The van der Waals surface area contributed by atoms with Crippen molar-refractivity contribution in [3.63, 3.8) is 0 Å². The maximum atomic E-state index is 12.0. The number of furan rings is 1. The molecule has 0 aliphatic heterocycles. The molecule has 1 aliphatic rings. The number of nitrogens with one attached hydrogen (secondary N) is 1. The Hall–Kier alpha value is -2.54. The second kappa shape index (κ2) is 7.37. The lowest BCUT2D eigenvalue weighted by Crippen LogP contribution is -2.27. The van der Waals surface area contributed by atoms with Crippen molar-refractivity contribution >= 4 is 17.7 Å². The van der Waals surface area contributed by atoms with Gasteiger partial charge in [-0.25, -0.2) is 0 Å². The highest BCUT2D eigenvalue weighted by atomic mass is 32.2. The number of amides is 1. The van der Waals surface area contributed by atoms with Gasteiger partial charge in [0.1, 0.15) is 5.76 Å². The van der Waals surface area contributed by atoms with E-state index < -0.39 is 0 Å². The number of carbonyl (C=O) groups excluding carboxylic acids is 1. The molecule has 1 aromatic carbocycles. The molecule has 6 nitrogen and oxygen atoms in total. The molecule has 1 amide bonds. The van der Waals surface area contributed by atoms with Crippen LogP contribution in [-0.4, -0.2) is 32.5 Å². The number of nitrogens with zero attached hydrogens (tertiary/aromatic N) is 3. The van der Waals surface area contributed by atoms with E-state index in [9.17, 15) is 4.79 Å². The van der Waals surface area contributed by atoms with Crippen LogP contribution in [0, 0.1) is 6.92 Å². The van der Waals surface area contributed by atoms with Crippen LogP contribution in [0.25, 0.3) is 11.4 Å². The molecule has 1 saturated carbocycles. The number of hydrogen-bond donors (Lipinski definition) is 1. The maximum absolute atomic E-state index is 12.0. The van der Waals surface area contributed by atoms with Crippen molar-refractivity contribution in [2.24, 2.45) is 0 Å². The molecular formula is C19H20N4O2S. The second-order valence-corrected chi connectivity index (χ2v) is 7.41. The molecule has 0 atom stereocenters. The molecule has 4 rings (SSSR count). The Morgan fingerprint density at radius 1 is 1.31 bits per heavy atom. The summed E-state index contributed by atoms with van der Waals surface area (Å²) in [4.78, 5) is 12.0. The highest BCUT2D eigenvalue weighted by Crippen LogP contribution is 2.26. The fraction of sp³-hybridized carbons (Fsp3) is 0.316. The fourth-order valence-corrected chi connectivity index (χ4v) is 3.47. The third-order valence-corrected chi connectivity index (χ3v) is 5.13. The first kappa shape index (κ1) is 16.9. The third-order valence-electron chi connectivity index (χ3n) is 4.16. The molecule has 134 valence electrons. The molecule has 2 aromatic heterocycles. The van der Waals surface area contributed by atoms with Gasteiger partial charge in [0.15, 0.2) is 11.0 Å². The van der Waals surface area contributed by atoms with Crippen molar-refractivity contribution in [2.75, 3.05) is 5.75 Å².